The largest absolute Gasteiger partial charge is 0.506 e. The molecule has 2 aliphatic rings. The van der Waals surface area contributed by atoms with Gasteiger partial charge < -0.3 is 25.3 Å². The van der Waals surface area contributed by atoms with Crippen LogP contribution in [-0.2, 0) is 0 Å². The average molecular weight is 375 g/mol. The quantitative estimate of drug-likeness (QED) is 0.558. The summed E-state index contributed by atoms with van der Waals surface area (Å²) in [5.74, 6) is 1.28. The van der Waals surface area contributed by atoms with E-state index >= 15 is 0 Å². The lowest BCUT2D eigenvalue weighted by molar-refractivity contribution is 0.00703. The van der Waals surface area contributed by atoms with Crippen LogP contribution < -0.4 is 10.2 Å². The second kappa shape index (κ2) is 8.83. The monoisotopic (exact) mass is 374 g/mol. The first-order valence-corrected chi connectivity index (χ1v) is 10.3. The van der Waals surface area contributed by atoms with Gasteiger partial charge in [0.05, 0.1) is 18.3 Å². The fourth-order valence-corrected chi connectivity index (χ4v) is 4.14. The van der Waals surface area contributed by atoms with Crippen LogP contribution in [0.25, 0.3) is 0 Å². The summed E-state index contributed by atoms with van der Waals surface area (Å²) in [6, 6.07) is 7.52. The first kappa shape index (κ1) is 19.8. The van der Waals surface area contributed by atoms with E-state index in [1.807, 2.05) is 18.2 Å². The molecule has 2 atom stereocenters. The van der Waals surface area contributed by atoms with Crippen molar-refractivity contribution >= 4 is 11.6 Å². The third-order valence-corrected chi connectivity index (χ3v) is 6.01. The average Bonchev–Trinajstić information content (AvgIpc) is 2.68. The van der Waals surface area contributed by atoms with Crippen LogP contribution in [-0.4, -0.2) is 66.4 Å². The van der Waals surface area contributed by atoms with Gasteiger partial charge in [-0.15, -0.1) is 0 Å². The lowest BCUT2D eigenvalue weighted by atomic mass is 9.73. The van der Waals surface area contributed by atoms with Crippen LogP contribution in [0.3, 0.4) is 0 Å². The molecule has 27 heavy (non-hydrogen) atoms. The fraction of sp³-hybridized carbons (Fsp3) is 0.667. The van der Waals surface area contributed by atoms with Crippen LogP contribution in [0.15, 0.2) is 29.3 Å². The number of piperazine rings is 1. The highest BCUT2D eigenvalue weighted by Crippen LogP contribution is 2.36. The number of anilines is 1. The first-order chi connectivity index (χ1) is 13.0. The maximum atomic E-state index is 10.4. The Hall–Kier alpha value is -1.95. The van der Waals surface area contributed by atoms with Gasteiger partial charge in [0.1, 0.15) is 5.75 Å². The highest BCUT2D eigenvalue weighted by Gasteiger charge is 2.35. The number of nitrogens with zero attached hydrogens (tertiary/aromatic N) is 3. The second-order valence-corrected chi connectivity index (χ2v) is 8.05. The topological polar surface area (TPSA) is 71.3 Å². The summed E-state index contributed by atoms with van der Waals surface area (Å²) >= 11 is 0. The van der Waals surface area contributed by atoms with Crippen molar-refractivity contribution in [1.29, 1.82) is 0 Å². The Balaban J connectivity index is 1.63. The van der Waals surface area contributed by atoms with Gasteiger partial charge in [-0.2, -0.15) is 0 Å². The SMILES string of the molecule is CCNC(=NCC1(C)CCCCC1O)N1CCN(c2ccccc2O)CC1. The minimum absolute atomic E-state index is 0.115. The number of para-hydroxylation sites is 2. The van der Waals surface area contributed by atoms with Crippen molar-refractivity contribution in [2.24, 2.45) is 10.4 Å². The maximum Gasteiger partial charge on any atom is 0.194 e. The zero-order valence-electron chi connectivity index (χ0n) is 16.7. The number of benzene rings is 1. The Morgan fingerprint density at radius 1 is 1.22 bits per heavy atom. The van der Waals surface area contributed by atoms with Gasteiger partial charge in [0.15, 0.2) is 5.96 Å². The molecule has 150 valence electrons. The van der Waals surface area contributed by atoms with Gasteiger partial charge in [0.2, 0.25) is 0 Å². The zero-order chi connectivity index (χ0) is 19.3. The molecule has 0 bridgehead atoms. The lowest BCUT2D eigenvalue weighted by Crippen LogP contribution is -2.53. The molecule has 3 rings (SSSR count). The van der Waals surface area contributed by atoms with Crippen molar-refractivity contribution in [3.05, 3.63) is 24.3 Å². The van der Waals surface area contributed by atoms with Crippen LogP contribution in [0, 0.1) is 5.41 Å². The molecule has 6 nitrogen and oxygen atoms in total. The number of hydrogen-bond acceptors (Lipinski definition) is 4. The molecule has 1 saturated heterocycles. The van der Waals surface area contributed by atoms with Gasteiger partial charge in [-0.25, -0.2) is 0 Å². The van der Waals surface area contributed by atoms with E-state index in [1.54, 1.807) is 6.07 Å². The summed E-state index contributed by atoms with van der Waals surface area (Å²) in [4.78, 5) is 9.42. The Morgan fingerprint density at radius 3 is 2.63 bits per heavy atom. The molecule has 6 heteroatoms. The van der Waals surface area contributed by atoms with Gasteiger partial charge >= 0.3 is 0 Å². The number of aromatic hydroxyl groups is 1. The summed E-state index contributed by atoms with van der Waals surface area (Å²) in [6.45, 7) is 9.17. The Kier molecular flexibility index (Phi) is 6.47. The Bertz CT molecular complexity index is 643. The zero-order valence-corrected chi connectivity index (χ0v) is 16.7. The number of phenols is 1. The number of guanidine groups is 1. The number of nitrogens with one attached hydrogen (secondary N) is 1. The minimum Gasteiger partial charge on any atom is -0.506 e. The summed E-state index contributed by atoms with van der Waals surface area (Å²) < 4.78 is 0. The van der Waals surface area contributed by atoms with Crippen LogP contribution in [0.2, 0.25) is 0 Å². The Labute approximate surface area is 162 Å². The van der Waals surface area contributed by atoms with Gasteiger partial charge in [-0.1, -0.05) is 31.9 Å². The number of aliphatic hydroxyl groups excluding tert-OH is 1. The van der Waals surface area contributed by atoms with Crippen LogP contribution in [0.5, 0.6) is 5.75 Å². The lowest BCUT2D eigenvalue weighted by Gasteiger charge is -2.39. The van der Waals surface area contributed by atoms with Gasteiger partial charge in [-0.3, -0.25) is 4.99 Å². The van der Waals surface area contributed by atoms with Crippen LogP contribution in [0.4, 0.5) is 5.69 Å². The predicted octanol–water partition coefficient (Wildman–Crippen LogP) is 2.42. The normalized spacial score (nSPS) is 26.9. The molecule has 1 aliphatic carbocycles. The van der Waals surface area contributed by atoms with Crippen molar-refractivity contribution < 1.29 is 10.2 Å². The van der Waals surface area contributed by atoms with E-state index in [9.17, 15) is 10.2 Å². The molecule has 0 aromatic heterocycles. The predicted molar refractivity (Wildman–Crippen MR) is 110 cm³/mol. The van der Waals surface area contributed by atoms with Crippen molar-refractivity contribution in [3.63, 3.8) is 0 Å². The molecule has 2 fully saturated rings. The van der Waals surface area contributed by atoms with Crippen molar-refractivity contribution in [2.75, 3.05) is 44.2 Å². The number of phenolic OH excluding ortho intramolecular Hbond substituents is 1. The number of aliphatic imine (C=N–C) groups is 1. The summed E-state index contributed by atoms with van der Waals surface area (Å²) in [5, 5.41) is 23.9. The van der Waals surface area contributed by atoms with E-state index in [2.05, 4.69) is 29.0 Å². The molecule has 1 aromatic carbocycles. The van der Waals surface area contributed by atoms with E-state index in [0.717, 1.165) is 63.6 Å². The molecule has 0 spiro atoms. The molecule has 1 saturated carbocycles. The highest BCUT2D eigenvalue weighted by atomic mass is 16.3. The van der Waals surface area contributed by atoms with E-state index in [-0.39, 0.29) is 11.5 Å². The Morgan fingerprint density at radius 2 is 1.96 bits per heavy atom. The third-order valence-electron chi connectivity index (χ3n) is 6.01. The molecular formula is C21H34N4O2. The first-order valence-electron chi connectivity index (χ1n) is 10.3. The van der Waals surface area contributed by atoms with Crippen molar-refractivity contribution in [2.45, 2.75) is 45.6 Å². The summed E-state index contributed by atoms with van der Waals surface area (Å²) in [7, 11) is 0. The van der Waals surface area contributed by atoms with Gasteiger partial charge in [-0.05, 0) is 31.9 Å². The highest BCUT2D eigenvalue weighted by molar-refractivity contribution is 5.80. The number of hydrogen-bond donors (Lipinski definition) is 3. The van der Waals surface area contributed by atoms with Crippen LogP contribution in [0.1, 0.15) is 39.5 Å². The molecule has 0 radical (unpaired) electrons. The molecule has 2 unspecified atom stereocenters. The van der Waals surface area contributed by atoms with E-state index in [4.69, 9.17) is 4.99 Å². The molecule has 1 aromatic rings. The van der Waals surface area contributed by atoms with Gasteiger partial charge in [0, 0.05) is 38.1 Å². The minimum atomic E-state index is -0.254. The third kappa shape index (κ3) is 4.67. The number of aliphatic hydroxyl groups is 1. The smallest absolute Gasteiger partial charge is 0.194 e. The van der Waals surface area contributed by atoms with E-state index < -0.39 is 0 Å². The van der Waals surface area contributed by atoms with Gasteiger partial charge in [0.25, 0.3) is 0 Å². The second-order valence-electron chi connectivity index (χ2n) is 8.05. The molecule has 1 aliphatic heterocycles. The summed E-state index contributed by atoms with van der Waals surface area (Å²) in [5.41, 5.74) is 0.785. The molecule has 3 N–H and O–H groups in total. The molecular weight excluding hydrogens is 340 g/mol. The van der Waals surface area contributed by atoms with E-state index in [1.165, 1.54) is 6.42 Å². The van der Waals surface area contributed by atoms with Crippen LogP contribution >= 0.6 is 0 Å². The van der Waals surface area contributed by atoms with Crippen molar-refractivity contribution in [3.8, 4) is 5.75 Å². The summed E-state index contributed by atoms with van der Waals surface area (Å²) in [6.07, 6.45) is 3.98. The maximum absolute atomic E-state index is 10.4. The number of rotatable bonds is 4. The molecule has 0 amide bonds. The standard InChI is InChI=1S/C21H34N4O2/c1-3-22-20(23-16-21(2)11-7-6-10-19(21)27)25-14-12-24(13-15-25)17-8-4-5-9-18(17)26/h4-5,8-9,19,26-27H,3,6-7,10-16H2,1-2H3,(H,22,23). The fourth-order valence-electron chi connectivity index (χ4n) is 4.14. The van der Waals surface area contributed by atoms with E-state index in [0.29, 0.717) is 12.3 Å². The van der Waals surface area contributed by atoms with Crippen molar-refractivity contribution in [1.82, 2.24) is 10.2 Å². The molecule has 1 heterocycles.